The van der Waals surface area contributed by atoms with Crippen molar-refractivity contribution in [1.82, 2.24) is 0 Å². The molecule has 0 fully saturated rings. The second-order valence-corrected chi connectivity index (χ2v) is 10.8. The van der Waals surface area contributed by atoms with Crippen molar-refractivity contribution >= 4 is 43.9 Å². The average Bonchev–Trinajstić information content (AvgIpc) is 3.53. The highest BCUT2D eigenvalue weighted by Gasteiger charge is 2.19. The minimum Gasteiger partial charge on any atom is -0.456 e. The zero-order chi connectivity index (χ0) is 26.9. The number of ether oxygens (including phenoxy) is 1. The molecule has 0 aliphatic carbocycles. The first kappa shape index (κ1) is 22.7. The van der Waals surface area contributed by atoms with E-state index in [9.17, 15) is 0 Å². The molecule has 3 heteroatoms. The van der Waals surface area contributed by atoms with Crippen LogP contribution in [-0.2, 0) is 18.0 Å². The maximum atomic E-state index is 6.18. The molecule has 3 nitrogen and oxygen atoms in total. The first-order valence-corrected chi connectivity index (χ1v) is 14.0. The highest BCUT2D eigenvalue weighted by Crippen LogP contribution is 2.41. The van der Waals surface area contributed by atoms with Crippen molar-refractivity contribution in [2.45, 2.75) is 13.2 Å². The van der Waals surface area contributed by atoms with E-state index in [1.54, 1.807) is 0 Å². The predicted molar refractivity (Wildman–Crippen MR) is 166 cm³/mol. The van der Waals surface area contributed by atoms with Crippen LogP contribution in [-0.4, -0.2) is 0 Å². The summed E-state index contributed by atoms with van der Waals surface area (Å²) in [6.07, 6.45) is 0. The summed E-state index contributed by atoms with van der Waals surface area (Å²) in [5.41, 5.74) is 13.1. The molecule has 2 aromatic heterocycles. The van der Waals surface area contributed by atoms with Gasteiger partial charge in [0.25, 0.3) is 0 Å². The lowest BCUT2D eigenvalue weighted by molar-refractivity contribution is 0.110. The van der Waals surface area contributed by atoms with E-state index < -0.39 is 0 Å². The first-order valence-electron chi connectivity index (χ1n) is 14.0. The van der Waals surface area contributed by atoms with E-state index in [1.165, 1.54) is 33.4 Å². The van der Waals surface area contributed by atoms with Gasteiger partial charge in [-0.2, -0.15) is 0 Å². The van der Waals surface area contributed by atoms with Gasteiger partial charge in [-0.3, -0.25) is 0 Å². The second-order valence-electron chi connectivity index (χ2n) is 10.8. The van der Waals surface area contributed by atoms with Gasteiger partial charge in [-0.15, -0.1) is 0 Å². The van der Waals surface area contributed by atoms with E-state index in [1.807, 2.05) is 24.3 Å². The Kier molecular flexibility index (Phi) is 4.80. The topological polar surface area (TPSA) is 35.5 Å². The fraction of sp³-hybridized carbons (Fsp3) is 0.0526. The number of rotatable bonds is 2. The van der Waals surface area contributed by atoms with Crippen molar-refractivity contribution in [3.63, 3.8) is 0 Å². The van der Waals surface area contributed by atoms with Gasteiger partial charge < -0.3 is 13.6 Å². The van der Waals surface area contributed by atoms with E-state index in [-0.39, 0.29) is 0 Å². The molecule has 1 aliphatic rings. The van der Waals surface area contributed by atoms with Gasteiger partial charge in [0.05, 0.1) is 13.2 Å². The largest absolute Gasteiger partial charge is 0.456 e. The molecule has 0 unspecified atom stereocenters. The second kappa shape index (κ2) is 8.69. The lowest BCUT2D eigenvalue weighted by atomic mass is 9.90. The molecule has 9 rings (SSSR count). The molecule has 8 aromatic rings. The molecular formula is C38H24O3. The zero-order valence-electron chi connectivity index (χ0n) is 22.2. The Morgan fingerprint density at radius 1 is 0.390 bits per heavy atom. The van der Waals surface area contributed by atoms with Crippen LogP contribution in [0.2, 0.25) is 0 Å². The van der Waals surface area contributed by atoms with Crippen molar-refractivity contribution in [1.29, 1.82) is 0 Å². The van der Waals surface area contributed by atoms with Crippen molar-refractivity contribution in [3.8, 4) is 33.4 Å². The van der Waals surface area contributed by atoms with Crippen molar-refractivity contribution in [3.05, 3.63) is 132 Å². The fourth-order valence-electron chi connectivity index (χ4n) is 6.47. The van der Waals surface area contributed by atoms with E-state index in [0.29, 0.717) is 13.2 Å². The number of hydrogen-bond acceptors (Lipinski definition) is 3. The molecule has 0 N–H and O–H groups in total. The molecule has 0 atom stereocenters. The highest BCUT2D eigenvalue weighted by atomic mass is 16.5. The van der Waals surface area contributed by atoms with Gasteiger partial charge >= 0.3 is 0 Å². The Labute approximate surface area is 236 Å². The molecule has 0 saturated carbocycles. The van der Waals surface area contributed by atoms with E-state index >= 15 is 0 Å². The normalized spacial score (nSPS) is 13.1. The van der Waals surface area contributed by atoms with Crippen LogP contribution in [0.5, 0.6) is 0 Å². The summed E-state index contributed by atoms with van der Waals surface area (Å²) >= 11 is 0. The van der Waals surface area contributed by atoms with Gasteiger partial charge in [0, 0.05) is 21.5 Å². The Morgan fingerprint density at radius 2 is 1.07 bits per heavy atom. The van der Waals surface area contributed by atoms with Crippen molar-refractivity contribution in [2.75, 3.05) is 0 Å². The Balaban J connectivity index is 1.17. The maximum absolute atomic E-state index is 6.18. The smallest absolute Gasteiger partial charge is 0.136 e. The quantitative estimate of drug-likeness (QED) is 0.224. The lowest BCUT2D eigenvalue weighted by Gasteiger charge is -2.13. The summed E-state index contributed by atoms with van der Waals surface area (Å²) in [4.78, 5) is 0. The molecule has 1 aliphatic heterocycles. The lowest BCUT2D eigenvalue weighted by Crippen LogP contribution is -1.91. The molecule has 6 aromatic carbocycles. The minimum atomic E-state index is 0.571. The number of hydrogen-bond donors (Lipinski definition) is 0. The van der Waals surface area contributed by atoms with E-state index in [4.69, 9.17) is 13.6 Å². The van der Waals surface area contributed by atoms with Crippen LogP contribution in [0.4, 0.5) is 0 Å². The van der Waals surface area contributed by atoms with Crippen LogP contribution in [0.3, 0.4) is 0 Å². The molecule has 0 bridgehead atoms. The van der Waals surface area contributed by atoms with Gasteiger partial charge in [0.2, 0.25) is 0 Å². The first-order chi connectivity index (χ1) is 20.3. The molecule has 0 saturated heterocycles. The molecule has 0 radical (unpaired) electrons. The van der Waals surface area contributed by atoms with Gasteiger partial charge in [-0.25, -0.2) is 0 Å². The summed E-state index contributed by atoms with van der Waals surface area (Å²) in [7, 11) is 0. The number of para-hydroxylation sites is 2. The molecule has 0 spiro atoms. The third-order valence-electron chi connectivity index (χ3n) is 8.45. The van der Waals surface area contributed by atoms with Crippen molar-refractivity contribution in [2.24, 2.45) is 0 Å². The molecular weight excluding hydrogens is 504 g/mol. The Hall–Kier alpha value is -5.12. The highest BCUT2D eigenvalue weighted by molar-refractivity contribution is 6.12. The standard InChI is InChI=1S/C38H24O3/c1-3-9-34-30(6-1)31-17-15-24(20-37(31)41-34)23-14-16-28-27(18-23)22-39-21-26-13-12-25(19-33(26)28)29-8-5-11-36-38(29)32-7-2-4-10-35(32)40-36/h1-20H,21-22H2. The minimum absolute atomic E-state index is 0.571. The number of benzene rings is 6. The predicted octanol–water partition coefficient (Wildman–Crippen LogP) is 10.5. The monoisotopic (exact) mass is 528 g/mol. The van der Waals surface area contributed by atoms with Crippen LogP contribution in [0, 0.1) is 0 Å². The van der Waals surface area contributed by atoms with Gasteiger partial charge in [0.15, 0.2) is 0 Å². The third-order valence-corrected chi connectivity index (χ3v) is 8.45. The van der Waals surface area contributed by atoms with Crippen molar-refractivity contribution < 1.29 is 13.6 Å². The van der Waals surface area contributed by atoms with E-state index in [0.717, 1.165) is 55.0 Å². The summed E-state index contributed by atoms with van der Waals surface area (Å²) in [5.74, 6) is 0. The average molecular weight is 529 g/mol. The molecule has 194 valence electrons. The van der Waals surface area contributed by atoms with Crippen LogP contribution < -0.4 is 0 Å². The number of furan rings is 2. The Morgan fingerprint density at radius 3 is 2.00 bits per heavy atom. The summed E-state index contributed by atoms with van der Waals surface area (Å²) in [5, 5.41) is 4.59. The summed E-state index contributed by atoms with van der Waals surface area (Å²) < 4.78 is 18.5. The van der Waals surface area contributed by atoms with Crippen LogP contribution >= 0.6 is 0 Å². The van der Waals surface area contributed by atoms with Crippen LogP contribution in [0.25, 0.3) is 77.3 Å². The summed E-state index contributed by atoms with van der Waals surface area (Å²) in [6, 6.07) is 42.8. The molecule has 3 heterocycles. The molecule has 41 heavy (non-hydrogen) atoms. The number of fused-ring (bicyclic) bond motifs is 9. The maximum Gasteiger partial charge on any atom is 0.136 e. The third kappa shape index (κ3) is 3.49. The fourth-order valence-corrected chi connectivity index (χ4v) is 6.47. The van der Waals surface area contributed by atoms with Gasteiger partial charge in [0.1, 0.15) is 22.3 Å². The van der Waals surface area contributed by atoms with E-state index in [2.05, 4.69) is 97.1 Å². The Bertz CT molecular complexity index is 2300. The molecule has 0 amide bonds. The van der Waals surface area contributed by atoms with Gasteiger partial charge in [-0.1, -0.05) is 78.9 Å². The van der Waals surface area contributed by atoms with Gasteiger partial charge in [-0.05, 0) is 87.0 Å². The van der Waals surface area contributed by atoms with Crippen LogP contribution in [0.15, 0.2) is 130 Å². The zero-order valence-corrected chi connectivity index (χ0v) is 22.2. The van der Waals surface area contributed by atoms with Crippen LogP contribution in [0.1, 0.15) is 11.1 Å². The summed E-state index contributed by atoms with van der Waals surface area (Å²) in [6.45, 7) is 1.16. The SMILES string of the molecule is c1ccc2c(c1)oc1cc(-c3ccc4c(c3)COCc3ccc(-c5cccc6oc7ccccc7c56)cc3-4)ccc12.